The summed E-state index contributed by atoms with van der Waals surface area (Å²) in [6.45, 7) is 1.67. The van der Waals surface area contributed by atoms with Crippen LogP contribution in [0.2, 0.25) is 0 Å². The van der Waals surface area contributed by atoms with E-state index in [0.717, 1.165) is 5.56 Å². The van der Waals surface area contributed by atoms with Gasteiger partial charge in [0.15, 0.2) is 0 Å². The zero-order chi connectivity index (χ0) is 13.1. The molecule has 6 nitrogen and oxygen atoms in total. The fourth-order valence-corrected chi connectivity index (χ4v) is 1.78. The smallest absolute Gasteiger partial charge is 0.339 e. The van der Waals surface area contributed by atoms with E-state index >= 15 is 0 Å². The van der Waals surface area contributed by atoms with Crippen LogP contribution in [0.1, 0.15) is 22.8 Å². The molecule has 0 aliphatic carbocycles. The molecule has 0 unspecified atom stereocenters. The van der Waals surface area contributed by atoms with Gasteiger partial charge >= 0.3 is 12.0 Å². The van der Waals surface area contributed by atoms with E-state index in [4.69, 9.17) is 10.5 Å². The van der Waals surface area contributed by atoms with Gasteiger partial charge in [0.05, 0.1) is 11.3 Å². The number of amides is 2. The lowest BCUT2D eigenvalue weighted by Crippen LogP contribution is -2.35. The minimum absolute atomic E-state index is 0.379. The molecule has 0 aromatic heterocycles. The van der Waals surface area contributed by atoms with Crippen molar-refractivity contribution in [3.8, 4) is 0 Å². The van der Waals surface area contributed by atoms with Crippen LogP contribution in [0.4, 0.5) is 4.79 Å². The number of hydrogen-bond donors (Lipinski definition) is 2. The molecule has 94 valence electrons. The van der Waals surface area contributed by atoms with Gasteiger partial charge in [0.1, 0.15) is 6.10 Å². The first-order valence-electron chi connectivity index (χ1n) is 5.46. The number of urea groups is 1. The second-order valence-electron chi connectivity index (χ2n) is 3.98. The van der Waals surface area contributed by atoms with Crippen LogP contribution < -0.4 is 11.2 Å². The number of cyclic esters (lactones) is 1. The van der Waals surface area contributed by atoms with Crippen molar-refractivity contribution in [1.29, 1.82) is 0 Å². The summed E-state index contributed by atoms with van der Waals surface area (Å²) in [5.74, 6) is -0.379. The van der Waals surface area contributed by atoms with E-state index in [1.807, 2.05) is 12.1 Å². The summed E-state index contributed by atoms with van der Waals surface area (Å²) in [7, 11) is 0. The average Bonchev–Trinajstić information content (AvgIpc) is 2.36. The van der Waals surface area contributed by atoms with Crippen LogP contribution in [0.3, 0.4) is 0 Å². The topological polar surface area (TPSA) is 93.8 Å². The number of nitrogens with two attached hydrogens (primary N) is 1. The number of nitrogens with zero attached hydrogens (tertiary/aromatic N) is 1. The summed E-state index contributed by atoms with van der Waals surface area (Å²) < 4.78 is 5.25. The molecule has 2 amide bonds. The van der Waals surface area contributed by atoms with Crippen molar-refractivity contribution >= 4 is 17.7 Å². The molecule has 0 saturated carbocycles. The predicted molar refractivity (Wildman–Crippen MR) is 65.2 cm³/mol. The molecule has 1 aliphatic heterocycles. The molecule has 0 radical (unpaired) electrons. The number of carbonyl (C=O) groups is 2. The Kier molecular flexibility index (Phi) is 3.27. The fraction of sp³-hybridized carbons (Fsp3) is 0.250. The van der Waals surface area contributed by atoms with Gasteiger partial charge in [-0.2, -0.15) is 5.10 Å². The van der Waals surface area contributed by atoms with Crippen molar-refractivity contribution in [3.63, 3.8) is 0 Å². The highest BCUT2D eigenvalue weighted by Gasteiger charge is 2.27. The van der Waals surface area contributed by atoms with Crippen LogP contribution in [0.25, 0.3) is 0 Å². The second-order valence-corrected chi connectivity index (χ2v) is 3.98. The second kappa shape index (κ2) is 4.87. The van der Waals surface area contributed by atoms with Crippen LogP contribution in [0, 0.1) is 0 Å². The highest BCUT2D eigenvalue weighted by Crippen LogP contribution is 2.21. The van der Waals surface area contributed by atoms with Gasteiger partial charge in [0.2, 0.25) is 0 Å². The minimum Gasteiger partial charge on any atom is -0.452 e. The van der Waals surface area contributed by atoms with Gasteiger partial charge in [0.25, 0.3) is 0 Å². The van der Waals surface area contributed by atoms with Crippen molar-refractivity contribution in [2.45, 2.75) is 19.4 Å². The van der Waals surface area contributed by atoms with E-state index in [-0.39, 0.29) is 5.97 Å². The molecule has 0 bridgehead atoms. The van der Waals surface area contributed by atoms with Crippen molar-refractivity contribution in [3.05, 3.63) is 35.4 Å². The number of carbonyl (C=O) groups excluding carboxylic acids is 2. The van der Waals surface area contributed by atoms with Crippen molar-refractivity contribution in [1.82, 2.24) is 5.43 Å². The normalized spacial score (nSPS) is 18.8. The van der Waals surface area contributed by atoms with E-state index < -0.39 is 12.1 Å². The zero-order valence-corrected chi connectivity index (χ0v) is 9.84. The summed E-state index contributed by atoms with van der Waals surface area (Å²) in [6.07, 6.45) is 0.0665. The molecule has 1 aliphatic rings. The Hall–Kier alpha value is -2.37. The third-order valence-corrected chi connectivity index (χ3v) is 2.70. The fourth-order valence-electron chi connectivity index (χ4n) is 1.78. The third kappa shape index (κ3) is 2.48. The lowest BCUT2D eigenvalue weighted by atomic mass is 9.97. The molecule has 1 atom stereocenters. The van der Waals surface area contributed by atoms with Crippen LogP contribution in [-0.4, -0.2) is 23.8 Å². The van der Waals surface area contributed by atoms with Crippen molar-refractivity contribution in [2.75, 3.05) is 0 Å². The first kappa shape index (κ1) is 12.1. The molecule has 0 saturated heterocycles. The number of rotatable bonds is 2. The molecule has 6 heteroatoms. The van der Waals surface area contributed by atoms with Gasteiger partial charge < -0.3 is 10.5 Å². The van der Waals surface area contributed by atoms with E-state index in [2.05, 4.69) is 10.5 Å². The molecule has 3 N–H and O–H groups in total. The van der Waals surface area contributed by atoms with Gasteiger partial charge in [-0.15, -0.1) is 0 Å². The maximum atomic E-state index is 11.7. The average molecular weight is 247 g/mol. The molecular formula is C12H13N3O3. The molecular weight excluding hydrogens is 234 g/mol. The zero-order valence-electron chi connectivity index (χ0n) is 9.84. The Morgan fingerprint density at radius 3 is 2.94 bits per heavy atom. The van der Waals surface area contributed by atoms with Crippen LogP contribution in [0.15, 0.2) is 29.4 Å². The van der Waals surface area contributed by atoms with Gasteiger partial charge in [-0.3, -0.25) is 0 Å². The number of primary amides is 1. The third-order valence-electron chi connectivity index (χ3n) is 2.70. The molecule has 18 heavy (non-hydrogen) atoms. The Bertz CT molecular complexity index is 525. The Labute approximate surface area is 104 Å². The first-order valence-corrected chi connectivity index (χ1v) is 5.46. The number of fused-ring (bicyclic) bond motifs is 1. The van der Waals surface area contributed by atoms with Crippen LogP contribution in [-0.2, 0) is 11.2 Å². The number of hydrogen-bond acceptors (Lipinski definition) is 4. The first-order chi connectivity index (χ1) is 8.58. The molecule has 2 rings (SSSR count). The van der Waals surface area contributed by atoms with Gasteiger partial charge in [0, 0.05) is 6.42 Å². The summed E-state index contributed by atoms with van der Waals surface area (Å²) in [4.78, 5) is 22.3. The largest absolute Gasteiger partial charge is 0.452 e. The highest BCUT2D eigenvalue weighted by atomic mass is 16.5. The summed E-state index contributed by atoms with van der Waals surface area (Å²) in [6, 6.07) is 6.50. The van der Waals surface area contributed by atoms with Crippen molar-refractivity contribution in [2.24, 2.45) is 10.8 Å². The monoisotopic (exact) mass is 247 g/mol. The van der Waals surface area contributed by atoms with E-state index in [9.17, 15) is 9.59 Å². The van der Waals surface area contributed by atoms with Gasteiger partial charge in [-0.1, -0.05) is 18.2 Å². The summed E-state index contributed by atoms with van der Waals surface area (Å²) in [5.41, 5.74) is 9.01. The SMILES string of the molecule is C/C(=N/NC(N)=O)[C@@H]1Cc2ccccc2C(=O)O1. The Morgan fingerprint density at radius 1 is 1.50 bits per heavy atom. The minimum atomic E-state index is -0.753. The maximum absolute atomic E-state index is 11.7. The van der Waals surface area contributed by atoms with E-state index in [1.165, 1.54) is 0 Å². The quantitative estimate of drug-likeness (QED) is 0.460. The summed E-state index contributed by atoms with van der Waals surface area (Å²) >= 11 is 0. The van der Waals surface area contributed by atoms with Crippen LogP contribution in [0.5, 0.6) is 0 Å². The van der Waals surface area contributed by atoms with Gasteiger partial charge in [-0.05, 0) is 18.6 Å². The predicted octanol–water partition coefficient (Wildman–Crippen LogP) is 0.812. The molecule has 1 aromatic carbocycles. The Balaban J connectivity index is 2.18. The van der Waals surface area contributed by atoms with E-state index in [1.54, 1.807) is 19.1 Å². The lowest BCUT2D eigenvalue weighted by molar-refractivity contribution is 0.0389. The maximum Gasteiger partial charge on any atom is 0.339 e. The van der Waals surface area contributed by atoms with Gasteiger partial charge in [-0.25, -0.2) is 15.0 Å². The van der Waals surface area contributed by atoms with E-state index in [0.29, 0.717) is 17.7 Å². The lowest BCUT2D eigenvalue weighted by Gasteiger charge is -2.24. The Morgan fingerprint density at radius 2 is 2.22 bits per heavy atom. The van der Waals surface area contributed by atoms with Crippen molar-refractivity contribution < 1.29 is 14.3 Å². The number of nitrogens with one attached hydrogen (secondary N) is 1. The number of esters is 1. The number of ether oxygens (including phenoxy) is 1. The number of hydrazone groups is 1. The number of benzene rings is 1. The molecule has 1 heterocycles. The summed E-state index contributed by atoms with van der Waals surface area (Å²) in [5, 5.41) is 3.77. The highest BCUT2D eigenvalue weighted by molar-refractivity contribution is 5.97. The molecule has 1 aromatic rings. The molecule has 0 fully saturated rings. The standard InChI is InChI=1S/C12H13N3O3/c1-7(14-15-12(13)17)10-6-8-4-2-3-5-9(8)11(16)18-10/h2-5,10H,6H2,1H3,(H3,13,15,17)/b14-7-/t10-/m0/s1. The molecule has 0 spiro atoms. The van der Waals surface area contributed by atoms with Crippen LogP contribution >= 0.6 is 0 Å².